The van der Waals surface area contributed by atoms with Gasteiger partial charge in [-0.2, -0.15) is 4.98 Å². The maximum absolute atomic E-state index is 7.04. The van der Waals surface area contributed by atoms with Crippen molar-refractivity contribution >= 4 is 86.4 Å². The number of fused-ring (bicyclic) bond motifs is 11. The number of pyridine rings is 1. The molecule has 4 aliphatic heterocycles. The lowest BCUT2D eigenvalue weighted by atomic mass is 9.31. The van der Waals surface area contributed by atoms with Crippen molar-refractivity contribution in [2.75, 3.05) is 4.90 Å². The van der Waals surface area contributed by atoms with E-state index in [9.17, 15) is 0 Å². The van der Waals surface area contributed by atoms with Crippen LogP contribution in [0, 0.1) is 5.92 Å². The number of rotatable bonds is 2. The Bertz CT molecular complexity index is 3320. The first kappa shape index (κ1) is 34.0. The monoisotopic (exact) mass is 775 g/mol. The molecule has 8 aromatic rings. The molecule has 6 heterocycles. The molecule has 0 spiro atoms. The number of ether oxygens (including phenoxy) is 3. The van der Waals surface area contributed by atoms with Crippen LogP contribution in [0.2, 0.25) is 0 Å². The molecule has 0 amide bonds. The maximum atomic E-state index is 7.04. The van der Waals surface area contributed by atoms with Crippen LogP contribution in [0.4, 0.5) is 17.2 Å². The Balaban J connectivity index is 1.11. The summed E-state index contributed by atoms with van der Waals surface area (Å²) in [5.41, 5.74) is 11.9. The van der Waals surface area contributed by atoms with Gasteiger partial charge in [-0.15, -0.1) is 0 Å². The summed E-state index contributed by atoms with van der Waals surface area (Å²) >= 11 is 0. The minimum absolute atomic E-state index is 0.119. The zero-order valence-corrected chi connectivity index (χ0v) is 33.9. The van der Waals surface area contributed by atoms with E-state index in [2.05, 4.69) is 183 Å². The predicted octanol–water partition coefficient (Wildman–Crippen LogP) is 7.06. The summed E-state index contributed by atoms with van der Waals surface area (Å²) in [6.07, 6.45) is 5.83. The van der Waals surface area contributed by atoms with E-state index in [1.54, 1.807) is 0 Å². The van der Waals surface area contributed by atoms with E-state index < -0.39 is 0 Å². The molecule has 0 fully saturated rings. The number of nitrogens with zero attached hydrogens (tertiary/aromatic N) is 3. The average molecular weight is 776 g/mol. The summed E-state index contributed by atoms with van der Waals surface area (Å²) in [6.45, 7) is 8.72. The van der Waals surface area contributed by atoms with Crippen LogP contribution in [0.1, 0.15) is 39.7 Å². The Morgan fingerprint density at radius 2 is 1.27 bits per heavy atom. The molecule has 13 rings (SSSR count). The van der Waals surface area contributed by atoms with E-state index in [0.29, 0.717) is 11.8 Å². The number of hydrogen-bond donors (Lipinski definition) is 0. The molecule has 6 nitrogen and oxygen atoms in total. The standard InChI is InChI=1S/C52H39B2N3O3/c1-30-22-23-41-35(24-30)34-16-8-11-19-40(34)56(41)33-27-42-48-47(28-33)59-43-20-12-9-17-36(43)53(48)38-29-39-51(55-50(38)57(42)32-14-6-5-7-15-32)60-46-26-31(52(2,3)4)25-45-49(46)54(39)37-18-10-13-21-44(37)58-45/h5-21,23-30H,22H2,1-4H3. The van der Waals surface area contributed by atoms with Crippen LogP contribution >= 0.6 is 0 Å². The number of hydrogen-bond acceptors (Lipinski definition) is 5. The minimum Gasteiger partial charge on any atom is -0.458 e. The van der Waals surface area contributed by atoms with Crippen molar-refractivity contribution < 1.29 is 14.2 Å². The van der Waals surface area contributed by atoms with Gasteiger partial charge in [-0.1, -0.05) is 119 Å². The van der Waals surface area contributed by atoms with Crippen LogP contribution in [0.5, 0.6) is 34.6 Å². The van der Waals surface area contributed by atoms with Crippen LogP contribution in [-0.4, -0.2) is 23.0 Å². The lowest BCUT2D eigenvalue weighted by molar-refractivity contribution is 0.448. The number of para-hydroxylation sites is 4. The summed E-state index contributed by atoms with van der Waals surface area (Å²) in [6, 6.07) is 47.7. The third-order valence-electron chi connectivity index (χ3n) is 13.2. The van der Waals surface area contributed by atoms with E-state index in [0.717, 1.165) is 96.4 Å². The van der Waals surface area contributed by atoms with E-state index >= 15 is 0 Å². The highest BCUT2D eigenvalue weighted by Gasteiger charge is 2.47. The Morgan fingerprint density at radius 1 is 0.617 bits per heavy atom. The van der Waals surface area contributed by atoms with Crippen molar-refractivity contribution in [1.29, 1.82) is 0 Å². The third kappa shape index (κ3) is 4.70. The largest absolute Gasteiger partial charge is 0.458 e. The quantitative estimate of drug-likeness (QED) is 0.176. The van der Waals surface area contributed by atoms with Crippen LogP contribution in [-0.2, 0) is 5.41 Å². The summed E-state index contributed by atoms with van der Waals surface area (Å²) in [5.74, 6) is 6.15. The molecule has 0 saturated carbocycles. The van der Waals surface area contributed by atoms with Gasteiger partial charge in [0.25, 0.3) is 13.4 Å². The van der Waals surface area contributed by atoms with Crippen molar-refractivity contribution in [1.82, 2.24) is 9.55 Å². The molecule has 60 heavy (non-hydrogen) atoms. The first-order chi connectivity index (χ1) is 29.3. The van der Waals surface area contributed by atoms with Crippen LogP contribution in [0.15, 0.2) is 133 Å². The number of anilines is 3. The first-order valence-corrected chi connectivity index (χ1v) is 21.1. The third-order valence-corrected chi connectivity index (χ3v) is 13.2. The zero-order valence-electron chi connectivity index (χ0n) is 33.9. The van der Waals surface area contributed by atoms with E-state index in [1.165, 1.54) is 21.5 Å². The second-order valence-corrected chi connectivity index (χ2v) is 18.0. The highest BCUT2D eigenvalue weighted by atomic mass is 16.5. The molecule has 0 saturated heterocycles. The normalized spacial score (nSPS) is 16.0. The molecule has 0 N–H and O–H groups in total. The zero-order chi connectivity index (χ0) is 40.0. The van der Waals surface area contributed by atoms with Gasteiger partial charge in [-0.05, 0) is 99.2 Å². The molecule has 1 atom stereocenters. The van der Waals surface area contributed by atoms with Crippen LogP contribution < -0.4 is 62.5 Å². The number of benzene rings is 6. The van der Waals surface area contributed by atoms with Gasteiger partial charge in [0, 0.05) is 38.9 Å². The van der Waals surface area contributed by atoms with Crippen molar-refractivity contribution in [2.24, 2.45) is 5.92 Å². The molecular formula is C52H39B2N3O3. The summed E-state index contributed by atoms with van der Waals surface area (Å²) in [5, 5.41) is 3.78. The van der Waals surface area contributed by atoms with Crippen molar-refractivity contribution in [2.45, 2.75) is 39.5 Å². The minimum atomic E-state index is -0.142. The molecule has 5 aliphatic rings. The van der Waals surface area contributed by atoms with E-state index in [-0.39, 0.29) is 18.8 Å². The number of aromatic nitrogens is 2. The van der Waals surface area contributed by atoms with Crippen LogP contribution in [0.3, 0.4) is 0 Å². The predicted molar refractivity (Wildman–Crippen MR) is 245 cm³/mol. The second kappa shape index (κ2) is 12.1. The SMILES string of the molecule is CC1C=c2c(n(-c3cc4c5c(c3)N(c3ccccc3)c3nc6c(cc3B5c3ccccc3O4)B3c4ccccc4Oc4cc(C(C)(C)C)cc(c43)O6)c3ccccc23)=CC1. The Morgan fingerprint density at radius 3 is 2.02 bits per heavy atom. The topological polar surface area (TPSA) is 48.8 Å². The lowest BCUT2D eigenvalue weighted by Gasteiger charge is -2.41. The van der Waals surface area contributed by atoms with Gasteiger partial charge in [-0.25, -0.2) is 0 Å². The molecular weight excluding hydrogens is 736 g/mol. The van der Waals surface area contributed by atoms with Gasteiger partial charge < -0.3 is 18.8 Å². The fraction of sp³-hybridized carbons (Fsp3) is 0.135. The first-order valence-electron chi connectivity index (χ1n) is 21.1. The van der Waals surface area contributed by atoms with Crippen molar-refractivity contribution in [3.63, 3.8) is 0 Å². The summed E-state index contributed by atoms with van der Waals surface area (Å²) in [7, 11) is 0. The average Bonchev–Trinajstić information content (AvgIpc) is 3.58. The smallest absolute Gasteiger partial charge is 0.262 e. The molecule has 286 valence electrons. The maximum Gasteiger partial charge on any atom is 0.262 e. The van der Waals surface area contributed by atoms with E-state index in [1.807, 2.05) is 0 Å². The van der Waals surface area contributed by atoms with E-state index in [4.69, 9.17) is 19.2 Å². The molecule has 0 bridgehead atoms. The highest BCUT2D eigenvalue weighted by molar-refractivity contribution is 7.01. The summed E-state index contributed by atoms with van der Waals surface area (Å²) < 4.78 is 23.2. The van der Waals surface area contributed by atoms with Gasteiger partial charge in [0.1, 0.15) is 34.6 Å². The molecule has 0 radical (unpaired) electrons. The molecule has 8 heteroatoms. The molecule has 1 unspecified atom stereocenters. The van der Waals surface area contributed by atoms with Gasteiger partial charge in [-0.3, -0.25) is 4.90 Å². The van der Waals surface area contributed by atoms with Gasteiger partial charge in [0.2, 0.25) is 5.88 Å². The van der Waals surface area contributed by atoms with Gasteiger partial charge in [0.15, 0.2) is 0 Å². The van der Waals surface area contributed by atoms with Crippen molar-refractivity contribution in [3.8, 4) is 40.3 Å². The summed E-state index contributed by atoms with van der Waals surface area (Å²) in [4.78, 5) is 8.00. The second-order valence-electron chi connectivity index (χ2n) is 18.0. The lowest BCUT2D eigenvalue weighted by Crippen LogP contribution is -2.63. The van der Waals surface area contributed by atoms with Crippen LogP contribution in [0.25, 0.3) is 28.7 Å². The molecule has 1 aliphatic carbocycles. The molecule has 6 aromatic carbocycles. The fourth-order valence-corrected chi connectivity index (χ4v) is 10.4. The van der Waals surface area contributed by atoms with Gasteiger partial charge >= 0.3 is 0 Å². The Hall–Kier alpha value is -6.92. The molecule has 2 aromatic heterocycles. The van der Waals surface area contributed by atoms with Crippen molar-refractivity contribution in [3.05, 3.63) is 150 Å². The Kier molecular flexibility index (Phi) is 6.84. The fourth-order valence-electron chi connectivity index (χ4n) is 10.4. The highest BCUT2D eigenvalue weighted by Crippen LogP contribution is 2.44. The Labute approximate surface area is 349 Å². The van der Waals surface area contributed by atoms with Gasteiger partial charge in [0.05, 0.1) is 11.2 Å².